The molecule has 1 rings (SSSR count). The molecule has 0 aliphatic heterocycles. The lowest BCUT2D eigenvalue weighted by molar-refractivity contribution is -0.119. The molecule has 0 spiro atoms. The lowest BCUT2D eigenvalue weighted by atomic mass is 9.94. The highest BCUT2D eigenvalue weighted by Gasteiger charge is 2.26. The molecule has 98 valence electrons. The van der Waals surface area contributed by atoms with Crippen molar-refractivity contribution in [2.75, 3.05) is 7.11 Å². The van der Waals surface area contributed by atoms with Crippen LogP contribution in [0, 0.1) is 5.92 Å². The predicted molar refractivity (Wildman–Crippen MR) is 69.8 cm³/mol. The maximum Gasteiger partial charge on any atom is 0.217 e. The van der Waals surface area contributed by atoms with Crippen LogP contribution in [0.3, 0.4) is 0 Å². The van der Waals surface area contributed by atoms with Gasteiger partial charge in [0, 0.05) is 6.92 Å². The van der Waals surface area contributed by atoms with Gasteiger partial charge in [-0.1, -0.05) is 26.0 Å². The first-order chi connectivity index (χ1) is 8.47. The maximum absolute atomic E-state index is 12.4. The molecule has 0 saturated heterocycles. The summed E-state index contributed by atoms with van der Waals surface area (Å²) in [6.07, 6.45) is 0. The molecule has 0 aliphatic carbocycles. The number of ketones is 1. The molecule has 0 bridgehead atoms. The van der Waals surface area contributed by atoms with E-state index >= 15 is 0 Å². The Bertz CT molecular complexity index is 440. The Labute approximate surface area is 107 Å². The number of carbonyl (C=O) groups excluding carboxylic acids is 2. The van der Waals surface area contributed by atoms with Gasteiger partial charge in [0.15, 0.2) is 5.78 Å². The van der Waals surface area contributed by atoms with Crippen LogP contribution in [0.2, 0.25) is 0 Å². The zero-order valence-electron chi connectivity index (χ0n) is 11.2. The lowest BCUT2D eigenvalue weighted by Gasteiger charge is -2.21. The highest BCUT2D eigenvalue weighted by molar-refractivity contribution is 6.04. The van der Waals surface area contributed by atoms with Crippen molar-refractivity contribution in [2.45, 2.75) is 26.8 Å². The highest BCUT2D eigenvalue weighted by atomic mass is 16.5. The second kappa shape index (κ2) is 6.19. The van der Waals surface area contributed by atoms with Crippen LogP contribution in [0.25, 0.3) is 0 Å². The summed E-state index contributed by atoms with van der Waals surface area (Å²) in [5.74, 6) is 0.208. The van der Waals surface area contributed by atoms with Gasteiger partial charge in [-0.15, -0.1) is 0 Å². The first-order valence-corrected chi connectivity index (χ1v) is 5.91. The molecule has 0 aliphatic rings. The smallest absolute Gasteiger partial charge is 0.217 e. The zero-order valence-corrected chi connectivity index (χ0v) is 11.2. The minimum absolute atomic E-state index is 0.0197. The first-order valence-electron chi connectivity index (χ1n) is 5.91. The number of hydrogen-bond acceptors (Lipinski definition) is 3. The molecule has 4 heteroatoms. The molecule has 4 nitrogen and oxygen atoms in total. The normalized spacial score (nSPS) is 12.1. The van der Waals surface area contributed by atoms with Crippen LogP contribution in [0.15, 0.2) is 24.3 Å². The minimum Gasteiger partial charge on any atom is -0.496 e. The van der Waals surface area contributed by atoms with Crippen molar-refractivity contribution >= 4 is 11.7 Å². The Morgan fingerprint density at radius 1 is 1.22 bits per heavy atom. The molecule has 1 amide bonds. The SMILES string of the molecule is COc1ccccc1C(=O)[C@@H](NC(C)=O)C(C)C. The Kier molecular flexibility index (Phi) is 4.89. The molecule has 0 fully saturated rings. The van der Waals surface area contributed by atoms with Gasteiger partial charge in [0.1, 0.15) is 5.75 Å². The van der Waals surface area contributed by atoms with Crippen molar-refractivity contribution in [3.63, 3.8) is 0 Å². The van der Waals surface area contributed by atoms with E-state index in [0.29, 0.717) is 11.3 Å². The van der Waals surface area contributed by atoms with E-state index < -0.39 is 6.04 Å². The molecule has 1 aromatic carbocycles. The Hall–Kier alpha value is -1.84. The zero-order chi connectivity index (χ0) is 13.7. The second-order valence-electron chi connectivity index (χ2n) is 4.49. The number of rotatable bonds is 5. The number of benzene rings is 1. The summed E-state index contributed by atoms with van der Waals surface area (Å²) < 4.78 is 5.17. The van der Waals surface area contributed by atoms with Crippen LogP contribution in [0.5, 0.6) is 5.75 Å². The fourth-order valence-electron chi connectivity index (χ4n) is 1.77. The number of amides is 1. The Morgan fingerprint density at radius 3 is 2.33 bits per heavy atom. The standard InChI is InChI=1S/C14H19NO3/c1-9(2)13(15-10(3)16)14(17)11-7-5-6-8-12(11)18-4/h5-9,13H,1-4H3,(H,15,16)/t13-/m0/s1. The van der Waals surface area contributed by atoms with Gasteiger partial charge in [0.2, 0.25) is 5.91 Å². The van der Waals surface area contributed by atoms with E-state index in [4.69, 9.17) is 4.74 Å². The molecule has 18 heavy (non-hydrogen) atoms. The van der Waals surface area contributed by atoms with Gasteiger partial charge < -0.3 is 10.1 Å². The van der Waals surface area contributed by atoms with Gasteiger partial charge >= 0.3 is 0 Å². The summed E-state index contributed by atoms with van der Waals surface area (Å²) in [5.41, 5.74) is 0.493. The number of carbonyl (C=O) groups is 2. The van der Waals surface area contributed by atoms with Crippen LogP contribution in [-0.2, 0) is 4.79 Å². The molecule has 0 radical (unpaired) electrons. The number of Topliss-reactive ketones (excluding diaryl/α,β-unsaturated/α-hetero) is 1. The summed E-state index contributed by atoms with van der Waals surface area (Å²) in [6, 6.07) is 6.49. The van der Waals surface area contributed by atoms with E-state index in [1.165, 1.54) is 14.0 Å². The van der Waals surface area contributed by atoms with Crippen molar-refractivity contribution < 1.29 is 14.3 Å². The summed E-state index contributed by atoms with van der Waals surface area (Å²) in [5, 5.41) is 2.68. The third-order valence-electron chi connectivity index (χ3n) is 2.68. The van der Waals surface area contributed by atoms with E-state index in [2.05, 4.69) is 5.32 Å². The fourth-order valence-corrected chi connectivity index (χ4v) is 1.77. The monoisotopic (exact) mass is 249 g/mol. The number of para-hydroxylation sites is 1. The van der Waals surface area contributed by atoms with Crippen LogP contribution in [0.4, 0.5) is 0 Å². The summed E-state index contributed by atoms with van der Waals surface area (Å²) >= 11 is 0. The molecule has 0 aromatic heterocycles. The molecule has 1 N–H and O–H groups in total. The predicted octanol–water partition coefficient (Wildman–Crippen LogP) is 2.04. The quantitative estimate of drug-likeness (QED) is 0.812. The molecular formula is C14H19NO3. The first kappa shape index (κ1) is 14.2. The fraction of sp³-hybridized carbons (Fsp3) is 0.429. The third kappa shape index (κ3) is 3.32. The molecule has 0 heterocycles. The molecule has 1 aromatic rings. The number of ether oxygens (including phenoxy) is 1. The van der Waals surface area contributed by atoms with Gasteiger partial charge in [0.25, 0.3) is 0 Å². The maximum atomic E-state index is 12.4. The topological polar surface area (TPSA) is 55.4 Å². The van der Waals surface area contributed by atoms with Crippen LogP contribution in [0.1, 0.15) is 31.1 Å². The summed E-state index contributed by atoms with van der Waals surface area (Å²) in [7, 11) is 1.52. The van der Waals surface area contributed by atoms with Crippen molar-refractivity contribution in [2.24, 2.45) is 5.92 Å². The van der Waals surface area contributed by atoms with Crippen LogP contribution < -0.4 is 10.1 Å². The van der Waals surface area contributed by atoms with Crippen LogP contribution >= 0.6 is 0 Å². The van der Waals surface area contributed by atoms with E-state index in [9.17, 15) is 9.59 Å². The second-order valence-corrected chi connectivity index (χ2v) is 4.49. The average molecular weight is 249 g/mol. The van der Waals surface area contributed by atoms with E-state index in [-0.39, 0.29) is 17.6 Å². The van der Waals surface area contributed by atoms with Gasteiger partial charge in [-0.05, 0) is 18.1 Å². The molecule has 1 atom stereocenters. The van der Waals surface area contributed by atoms with Crippen LogP contribution in [-0.4, -0.2) is 24.8 Å². The average Bonchev–Trinajstić information content (AvgIpc) is 2.34. The highest BCUT2D eigenvalue weighted by Crippen LogP contribution is 2.21. The van der Waals surface area contributed by atoms with Crippen molar-refractivity contribution in [1.29, 1.82) is 0 Å². The largest absolute Gasteiger partial charge is 0.496 e. The molecule has 0 unspecified atom stereocenters. The number of hydrogen-bond donors (Lipinski definition) is 1. The lowest BCUT2D eigenvalue weighted by Crippen LogP contribution is -2.43. The van der Waals surface area contributed by atoms with Crippen molar-refractivity contribution in [3.05, 3.63) is 29.8 Å². The van der Waals surface area contributed by atoms with Gasteiger partial charge in [-0.3, -0.25) is 9.59 Å². The van der Waals surface area contributed by atoms with E-state index in [1.807, 2.05) is 13.8 Å². The minimum atomic E-state index is -0.529. The number of methoxy groups -OCH3 is 1. The third-order valence-corrected chi connectivity index (χ3v) is 2.68. The summed E-state index contributed by atoms with van der Waals surface area (Å²) in [4.78, 5) is 23.6. The van der Waals surface area contributed by atoms with Crippen molar-refractivity contribution in [1.82, 2.24) is 5.32 Å². The van der Waals surface area contributed by atoms with Gasteiger partial charge in [-0.2, -0.15) is 0 Å². The Morgan fingerprint density at radius 2 is 1.83 bits per heavy atom. The van der Waals surface area contributed by atoms with Crippen molar-refractivity contribution in [3.8, 4) is 5.75 Å². The molecular weight excluding hydrogens is 230 g/mol. The van der Waals surface area contributed by atoms with E-state index in [0.717, 1.165) is 0 Å². The number of nitrogens with one attached hydrogen (secondary N) is 1. The molecule has 0 saturated carbocycles. The van der Waals surface area contributed by atoms with Gasteiger partial charge in [-0.25, -0.2) is 0 Å². The Balaban J connectivity index is 3.05. The van der Waals surface area contributed by atoms with E-state index in [1.54, 1.807) is 24.3 Å². The summed E-state index contributed by atoms with van der Waals surface area (Å²) in [6.45, 7) is 5.20. The van der Waals surface area contributed by atoms with Gasteiger partial charge in [0.05, 0.1) is 18.7 Å².